The van der Waals surface area contributed by atoms with Crippen molar-refractivity contribution in [1.29, 1.82) is 0 Å². The van der Waals surface area contributed by atoms with E-state index in [2.05, 4.69) is 0 Å². The summed E-state index contributed by atoms with van der Waals surface area (Å²) in [4.78, 5) is 12.2. The lowest BCUT2D eigenvalue weighted by atomic mass is 10.1. The van der Waals surface area contributed by atoms with Crippen LogP contribution in [0.15, 0.2) is 48.5 Å². The molecule has 21 heavy (non-hydrogen) atoms. The molecule has 0 heterocycles. The minimum Gasteiger partial charge on any atom is -0.493 e. The molecule has 4 heteroatoms. The van der Waals surface area contributed by atoms with E-state index in [-0.39, 0.29) is 5.78 Å². The van der Waals surface area contributed by atoms with Gasteiger partial charge >= 0.3 is 0 Å². The molecule has 0 saturated carbocycles. The first kappa shape index (κ1) is 14.7. The maximum absolute atomic E-state index is 12.2. The zero-order valence-electron chi connectivity index (χ0n) is 12.0. The quantitative estimate of drug-likeness (QED) is 0.520. The normalized spacial score (nSPS) is 10.6. The van der Waals surface area contributed by atoms with Crippen molar-refractivity contribution in [3.63, 3.8) is 0 Å². The third kappa shape index (κ3) is 3.42. The number of nitrogen functional groups attached to an aromatic ring is 1. The van der Waals surface area contributed by atoms with Gasteiger partial charge in [0, 0.05) is 11.3 Å². The van der Waals surface area contributed by atoms with Gasteiger partial charge in [-0.25, -0.2) is 0 Å². The minimum absolute atomic E-state index is 0.126. The van der Waals surface area contributed by atoms with Crippen LogP contribution >= 0.6 is 0 Å². The van der Waals surface area contributed by atoms with E-state index in [1.54, 1.807) is 37.5 Å². The van der Waals surface area contributed by atoms with E-state index in [4.69, 9.17) is 15.2 Å². The largest absolute Gasteiger partial charge is 0.493 e. The molecule has 0 aliphatic carbocycles. The van der Waals surface area contributed by atoms with Crippen molar-refractivity contribution in [2.45, 2.75) is 0 Å². The number of anilines is 1. The second kappa shape index (κ2) is 6.61. The van der Waals surface area contributed by atoms with Crippen molar-refractivity contribution in [3.8, 4) is 11.5 Å². The number of ether oxygens (including phenoxy) is 2. The van der Waals surface area contributed by atoms with E-state index in [0.29, 0.717) is 22.7 Å². The summed E-state index contributed by atoms with van der Waals surface area (Å²) in [6.45, 7) is 0. The van der Waals surface area contributed by atoms with Gasteiger partial charge in [0.05, 0.1) is 14.2 Å². The molecule has 108 valence electrons. The zero-order valence-corrected chi connectivity index (χ0v) is 12.0. The zero-order chi connectivity index (χ0) is 15.2. The van der Waals surface area contributed by atoms with Crippen LogP contribution in [0.25, 0.3) is 6.08 Å². The van der Waals surface area contributed by atoms with E-state index < -0.39 is 0 Å². The first-order chi connectivity index (χ1) is 10.2. The number of ketones is 1. The van der Waals surface area contributed by atoms with Gasteiger partial charge in [-0.2, -0.15) is 0 Å². The van der Waals surface area contributed by atoms with Crippen LogP contribution < -0.4 is 15.2 Å². The summed E-state index contributed by atoms with van der Waals surface area (Å²) in [5, 5.41) is 0. The second-order valence-corrected chi connectivity index (χ2v) is 4.40. The maximum Gasteiger partial charge on any atom is 0.185 e. The minimum atomic E-state index is -0.126. The molecule has 0 spiro atoms. The fraction of sp³-hybridized carbons (Fsp3) is 0.118. The van der Waals surface area contributed by atoms with Crippen LogP contribution in [0.3, 0.4) is 0 Å². The van der Waals surface area contributed by atoms with Gasteiger partial charge < -0.3 is 15.2 Å². The van der Waals surface area contributed by atoms with Crippen LogP contribution in [-0.4, -0.2) is 20.0 Å². The molecule has 0 bridgehead atoms. The Morgan fingerprint density at radius 2 is 1.76 bits per heavy atom. The number of carbonyl (C=O) groups is 1. The number of carbonyl (C=O) groups excluding carboxylic acids is 1. The Morgan fingerprint density at radius 3 is 2.43 bits per heavy atom. The molecule has 0 saturated heterocycles. The second-order valence-electron chi connectivity index (χ2n) is 4.40. The van der Waals surface area contributed by atoms with Crippen molar-refractivity contribution in [1.82, 2.24) is 0 Å². The molecular weight excluding hydrogens is 266 g/mol. The van der Waals surface area contributed by atoms with Gasteiger partial charge in [0.2, 0.25) is 0 Å². The Bertz CT molecular complexity index is 677. The lowest BCUT2D eigenvalue weighted by Crippen LogP contribution is -1.97. The number of nitrogens with two attached hydrogens (primary N) is 1. The van der Waals surface area contributed by atoms with E-state index in [9.17, 15) is 4.79 Å². The smallest absolute Gasteiger partial charge is 0.185 e. The Kier molecular flexibility index (Phi) is 4.61. The predicted molar refractivity (Wildman–Crippen MR) is 83.8 cm³/mol. The Morgan fingerprint density at radius 1 is 1.05 bits per heavy atom. The highest BCUT2D eigenvalue weighted by Gasteiger charge is 2.08. The number of rotatable bonds is 5. The first-order valence-electron chi connectivity index (χ1n) is 6.44. The van der Waals surface area contributed by atoms with Crippen molar-refractivity contribution < 1.29 is 14.3 Å². The molecule has 2 aromatic rings. The summed E-state index contributed by atoms with van der Waals surface area (Å²) < 4.78 is 10.3. The molecule has 0 radical (unpaired) electrons. The summed E-state index contributed by atoms with van der Waals surface area (Å²) in [5.41, 5.74) is 7.80. The molecule has 0 aliphatic rings. The predicted octanol–water partition coefficient (Wildman–Crippen LogP) is 3.18. The fourth-order valence-corrected chi connectivity index (χ4v) is 1.91. The summed E-state index contributed by atoms with van der Waals surface area (Å²) in [6, 6.07) is 12.4. The van der Waals surface area contributed by atoms with Crippen LogP contribution in [0.1, 0.15) is 15.9 Å². The molecular formula is C17H17NO3. The highest BCUT2D eigenvalue weighted by molar-refractivity contribution is 6.07. The molecule has 0 atom stereocenters. The van der Waals surface area contributed by atoms with Gasteiger partial charge in [0.1, 0.15) is 0 Å². The molecule has 2 aromatic carbocycles. The van der Waals surface area contributed by atoms with Crippen LogP contribution in [0.4, 0.5) is 5.69 Å². The average Bonchev–Trinajstić information content (AvgIpc) is 2.53. The van der Waals surface area contributed by atoms with Crippen LogP contribution in [0.2, 0.25) is 0 Å². The fourth-order valence-electron chi connectivity index (χ4n) is 1.91. The van der Waals surface area contributed by atoms with Crippen molar-refractivity contribution in [2.24, 2.45) is 0 Å². The number of para-hydroxylation sites is 1. The summed E-state index contributed by atoms with van der Waals surface area (Å²) >= 11 is 0. The molecule has 0 aromatic heterocycles. The molecule has 0 unspecified atom stereocenters. The summed E-state index contributed by atoms with van der Waals surface area (Å²) in [7, 11) is 3.09. The van der Waals surface area contributed by atoms with Crippen LogP contribution in [0.5, 0.6) is 11.5 Å². The van der Waals surface area contributed by atoms with Crippen LogP contribution in [-0.2, 0) is 0 Å². The first-order valence-corrected chi connectivity index (χ1v) is 6.44. The number of benzene rings is 2. The van der Waals surface area contributed by atoms with Crippen molar-refractivity contribution >= 4 is 17.5 Å². The van der Waals surface area contributed by atoms with Gasteiger partial charge in [-0.1, -0.05) is 18.2 Å². The molecule has 0 aliphatic heterocycles. The number of hydrogen-bond acceptors (Lipinski definition) is 4. The van der Waals surface area contributed by atoms with E-state index >= 15 is 0 Å². The molecule has 4 nitrogen and oxygen atoms in total. The van der Waals surface area contributed by atoms with Crippen molar-refractivity contribution in [3.05, 3.63) is 59.7 Å². The third-order valence-corrected chi connectivity index (χ3v) is 3.08. The number of hydrogen-bond donors (Lipinski definition) is 1. The molecule has 0 amide bonds. The molecule has 2 N–H and O–H groups in total. The van der Waals surface area contributed by atoms with Gasteiger partial charge in [0.15, 0.2) is 17.3 Å². The highest BCUT2D eigenvalue weighted by Crippen LogP contribution is 2.27. The van der Waals surface area contributed by atoms with Gasteiger partial charge in [0.25, 0.3) is 0 Å². The monoisotopic (exact) mass is 283 g/mol. The SMILES string of the molecule is COc1ccc(C(=O)C=Cc2ccccc2N)cc1OC. The Hall–Kier alpha value is -2.75. The number of allylic oxidation sites excluding steroid dienone is 1. The van der Waals surface area contributed by atoms with Crippen LogP contribution in [0, 0.1) is 0 Å². The summed E-state index contributed by atoms with van der Waals surface area (Å²) in [5.74, 6) is 0.987. The van der Waals surface area contributed by atoms with E-state index in [1.807, 2.05) is 18.2 Å². The maximum atomic E-state index is 12.2. The van der Waals surface area contributed by atoms with E-state index in [0.717, 1.165) is 5.56 Å². The highest BCUT2D eigenvalue weighted by atomic mass is 16.5. The third-order valence-electron chi connectivity index (χ3n) is 3.08. The molecule has 0 fully saturated rings. The summed E-state index contributed by atoms with van der Waals surface area (Å²) in [6.07, 6.45) is 3.20. The molecule has 2 rings (SSSR count). The number of methoxy groups -OCH3 is 2. The topological polar surface area (TPSA) is 61.5 Å². The standard InChI is InChI=1S/C17H17NO3/c1-20-16-10-8-13(11-17(16)21-2)15(19)9-7-12-5-3-4-6-14(12)18/h3-11H,18H2,1-2H3. The Labute approximate surface area is 123 Å². The lowest BCUT2D eigenvalue weighted by Gasteiger charge is -2.08. The van der Waals surface area contributed by atoms with Crippen molar-refractivity contribution in [2.75, 3.05) is 20.0 Å². The van der Waals surface area contributed by atoms with E-state index in [1.165, 1.54) is 13.2 Å². The van der Waals surface area contributed by atoms with Gasteiger partial charge in [-0.05, 0) is 42.0 Å². The van der Waals surface area contributed by atoms with Gasteiger partial charge in [-0.3, -0.25) is 4.79 Å². The average molecular weight is 283 g/mol. The lowest BCUT2D eigenvalue weighted by molar-refractivity contribution is 0.104. The Balaban J connectivity index is 2.23. The van der Waals surface area contributed by atoms with Gasteiger partial charge in [-0.15, -0.1) is 0 Å².